The molecule has 0 aliphatic carbocycles. The van der Waals surface area contributed by atoms with E-state index in [0.717, 1.165) is 11.1 Å². The molecule has 2 aromatic rings. The maximum Gasteiger partial charge on any atom is 0.203 e. The SMILES string of the molecule is COc1c(C(=O)COc2cccc(Cl)c2)ccc(C)c1C. The topological polar surface area (TPSA) is 35.5 Å². The van der Waals surface area contributed by atoms with Gasteiger partial charge in [0, 0.05) is 5.02 Å². The smallest absolute Gasteiger partial charge is 0.203 e. The monoisotopic (exact) mass is 304 g/mol. The molecule has 0 aliphatic rings. The van der Waals surface area contributed by atoms with Gasteiger partial charge in [-0.1, -0.05) is 23.7 Å². The summed E-state index contributed by atoms with van der Waals surface area (Å²) in [7, 11) is 1.57. The quantitative estimate of drug-likeness (QED) is 0.776. The van der Waals surface area contributed by atoms with Gasteiger partial charge in [0.05, 0.1) is 12.7 Å². The van der Waals surface area contributed by atoms with Gasteiger partial charge in [-0.25, -0.2) is 0 Å². The molecule has 0 unspecified atom stereocenters. The molecule has 0 bridgehead atoms. The first kappa shape index (κ1) is 15.4. The third kappa shape index (κ3) is 3.56. The summed E-state index contributed by atoms with van der Waals surface area (Å²) < 4.78 is 10.8. The van der Waals surface area contributed by atoms with E-state index < -0.39 is 0 Å². The Kier molecular flexibility index (Phi) is 4.86. The number of rotatable bonds is 5. The summed E-state index contributed by atoms with van der Waals surface area (Å²) in [6.07, 6.45) is 0. The molecule has 0 radical (unpaired) electrons. The molecule has 0 heterocycles. The lowest BCUT2D eigenvalue weighted by Gasteiger charge is -2.13. The van der Waals surface area contributed by atoms with Gasteiger partial charge in [-0.2, -0.15) is 0 Å². The molecule has 4 heteroatoms. The zero-order chi connectivity index (χ0) is 15.4. The first-order valence-corrected chi connectivity index (χ1v) is 6.96. The van der Waals surface area contributed by atoms with E-state index in [4.69, 9.17) is 21.1 Å². The third-order valence-corrected chi connectivity index (χ3v) is 3.58. The molecule has 3 nitrogen and oxygen atoms in total. The molecule has 0 saturated carbocycles. The summed E-state index contributed by atoms with van der Waals surface area (Å²) >= 11 is 5.88. The Morgan fingerprint density at radius 3 is 2.62 bits per heavy atom. The molecule has 0 spiro atoms. The molecular weight excluding hydrogens is 288 g/mol. The second-order valence-corrected chi connectivity index (χ2v) is 5.19. The predicted octanol–water partition coefficient (Wildman–Crippen LogP) is 4.23. The minimum Gasteiger partial charge on any atom is -0.496 e. The summed E-state index contributed by atoms with van der Waals surface area (Å²) in [5.41, 5.74) is 2.58. The van der Waals surface area contributed by atoms with Crippen molar-refractivity contribution < 1.29 is 14.3 Å². The highest BCUT2D eigenvalue weighted by molar-refractivity contribution is 6.30. The fourth-order valence-electron chi connectivity index (χ4n) is 2.06. The van der Waals surface area contributed by atoms with Crippen LogP contribution in [0.3, 0.4) is 0 Å². The summed E-state index contributed by atoms with van der Waals surface area (Å²) in [6, 6.07) is 10.6. The highest BCUT2D eigenvalue weighted by Gasteiger charge is 2.16. The Morgan fingerprint density at radius 1 is 1.19 bits per heavy atom. The number of ketones is 1. The van der Waals surface area contributed by atoms with Crippen LogP contribution in [0, 0.1) is 13.8 Å². The van der Waals surface area contributed by atoms with Crippen molar-refractivity contribution in [1.82, 2.24) is 0 Å². The molecule has 2 rings (SSSR count). The predicted molar refractivity (Wildman–Crippen MR) is 83.7 cm³/mol. The maximum atomic E-state index is 12.3. The van der Waals surface area contributed by atoms with Crippen molar-refractivity contribution in [3.8, 4) is 11.5 Å². The van der Waals surface area contributed by atoms with Crippen molar-refractivity contribution in [2.45, 2.75) is 13.8 Å². The normalized spacial score (nSPS) is 10.3. The number of hydrogen-bond acceptors (Lipinski definition) is 3. The lowest BCUT2D eigenvalue weighted by molar-refractivity contribution is 0.0918. The maximum absolute atomic E-state index is 12.3. The Labute approximate surface area is 129 Å². The standard InChI is InChI=1S/C17H17ClO3/c1-11-7-8-15(17(20-3)12(11)2)16(19)10-21-14-6-4-5-13(18)9-14/h4-9H,10H2,1-3H3. The number of Topliss-reactive ketones (excluding diaryl/α,β-unsaturated/α-hetero) is 1. The number of hydrogen-bond donors (Lipinski definition) is 0. The molecule has 2 aromatic carbocycles. The van der Waals surface area contributed by atoms with E-state index in [2.05, 4.69) is 0 Å². The number of carbonyl (C=O) groups is 1. The Morgan fingerprint density at radius 2 is 1.95 bits per heavy atom. The number of carbonyl (C=O) groups excluding carboxylic acids is 1. The van der Waals surface area contributed by atoms with E-state index in [1.807, 2.05) is 19.9 Å². The van der Waals surface area contributed by atoms with Gasteiger partial charge < -0.3 is 9.47 Å². The van der Waals surface area contributed by atoms with Crippen LogP contribution in [0.1, 0.15) is 21.5 Å². The lowest BCUT2D eigenvalue weighted by Crippen LogP contribution is -2.13. The minimum absolute atomic E-state index is 0.0563. The molecule has 0 N–H and O–H groups in total. The molecule has 0 amide bonds. The van der Waals surface area contributed by atoms with E-state index >= 15 is 0 Å². The largest absolute Gasteiger partial charge is 0.496 e. The van der Waals surface area contributed by atoms with Crippen molar-refractivity contribution in [3.05, 3.63) is 58.1 Å². The fraction of sp³-hybridized carbons (Fsp3) is 0.235. The number of aryl methyl sites for hydroxylation is 1. The number of methoxy groups -OCH3 is 1. The second kappa shape index (κ2) is 6.64. The molecule has 0 aliphatic heterocycles. The number of ether oxygens (including phenoxy) is 2. The molecular formula is C17H17ClO3. The summed E-state index contributed by atoms with van der Waals surface area (Å²) in [5.74, 6) is 1.04. The summed E-state index contributed by atoms with van der Waals surface area (Å²) in [5, 5.41) is 0.573. The van der Waals surface area contributed by atoms with Crippen LogP contribution in [-0.4, -0.2) is 19.5 Å². The zero-order valence-electron chi connectivity index (χ0n) is 12.3. The van der Waals surface area contributed by atoms with Gasteiger partial charge in [0.15, 0.2) is 6.61 Å². The highest BCUT2D eigenvalue weighted by atomic mass is 35.5. The van der Waals surface area contributed by atoms with E-state index in [9.17, 15) is 4.79 Å². The summed E-state index contributed by atoms with van der Waals surface area (Å²) in [4.78, 5) is 12.3. The van der Waals surface area contributed by atoms with Crippen LogP contribution in [-0.2, 0) is 0 Å². The number of benzene rings is 2. The number of halogens is 1. The molecule has 0 aromatic heterocycles. The van der Waals surface area contributed by atoms with Gasteiger partial charge in [-0.05, 0) is 49.2 Å². The first-order chi connectivity index (χ1) is 10.0. The van der Waals surface area contributed by atoms with Crippen molar-refractivity contribution >= 4 is 17.4 Å². The van der Waals surface area contributed by atoms with E-state index in [1.165, 1.54) is 0 Å². The Bertz CT molecular complexity index is 665. The third-order valence-electron chi connectivity index (χ3n) is 3.35. The van der Waals surface area contributed by atoms with Crippen LogP contribution in [0.25, 0.3) is 0 Å². The second-order valence-electron chi connectivity index (χ2n) is 4.76. The van der Waals surface area contributed by atoms with Gasteiger partial charge in [0.25, 0.3) is 0 Å². The van der Waals surface area contributed by atoms with E-state index in [1.54, 1.807) is 37.4 Å². The Hall–Kier alpha value is -2.00. The van der Waals surface area contributed by atoms with Crippen molar-refractivity contribution in [2.24, 2.45) is 0 Å². The Balaban J connectivity index is 2.16. The minimum atomic E-state index is -0.130. The molecule has 0 fully saturated rings. The average molecular weight is 305 g/mol. The first-order valence-electron chi connectivity index (χ1n) is 6.58. The van der Waals surface area contributed by atoms with Gasteiger partial charge in [-0.15, -0.1) is 0 Å². The lowest BCUT2D eigenvalue weighted by atomic mass is 10.0. The highest BCUT2D eigenvalue weighted by Crippen LogP contribution is 2.27. The van der Waals surface area contributed by atoms with Gasteiger partial charge in [-0.3, -0.25) is 4.79 Å². The van der Waals surface area contributed by atoms with Crippen LogP contribution >= 0.6 is 11.6 Å². The fourth-order valence-corrected chi connectivity index (χ4v) is 2.24. The molecule has 0 saturated heterocycles. The van der Waals surface area contributed by atoms with Crippen LogP contribution in [0.5, 0.6) is 11.5 Å². The van der Waals surface area contributed by atoms with Crippen molar-refractivity contribution in [3.63, 3.8) is 0 Å². The van der Waals surface area contributed by atoms with Gasteiger partial charge in [0.1, 0.15) is 11.5 Å². The van der Waals surface area contributed by atoms with Crippen LogP contribution in [0.2, 0.25) is 5.02 Å². The van der Waals surface area contributed by atoms with Crippen molar-refractivity contribution in [1.29, 1.82) is 0 Å². The van der Waals surface area contributed by atoms with Crippen LogP contribution in [0.4, 0.5) is 0 Å². The van der Waals surface area contributed by atoms with Crippen molar-refractivity contribution in [2.75, 3.05) is 13.7 Å². The van der Waals surface area contributed by atoms with E-state index in [-0.39, 0.29) is 12.4 Å². The summed E-state index contributed by atoms with van der Waals surface area (Å²) in [6.45, 7) is 3.86. The molecule has 21 heavy (non-hydrogen) atoms. The van der Waals surface area contributed by atoms with Crippen LogP contribution in [0.15, 0.2) is 36.4 Å². The average Bonchev–Trinajstić information content (AvgIpc) is 2.47. The molecule has 110 valence electrons. The van der Waals surface area contributed by atoms with E-state index in [0.29, 0.717) is 22.1 Å². The van der Waals surface area contributed by atoms with Gasteiger partial charge >= 0.3 is 0 Å². The zero-order valence-corrected chi connectivity index (χ0v) is 13.0. The van der Waals surface area contributed by atoms with Crippen LogP contribution < -0.4 is 9.47 Å². The molecule has 0 atom stereocenters. The van der Waals surface area contributed by atoms with Gasteiger partial charge in [0.2, 0.25) is 5.78 Å².